The van der Waals surface area contributed by atoms with E-state index in [0.717, 1.165) is 61.4 Å². The summed E-state index contributed by atoms with van der Waals surface area (Å²) < 4.78 is 10.2. The molecule has 0 radical (unpaired) electrons. The first-order valence-corrected chi connectivity index (χ1v) is 49.2. The highest BCUT2D eigenvalue weighted by molar-refractivity contribution is 9.10. The summed E-state index contributed by atoms with van der Waals surface area (Å²) in [7, 11) is 0. The normalized spacial score (nSPS) is 14.6. The van der Waals surface area contributed by atoms with Crippen molar-refractivity contribution in [1.82, 2.24) is 0 Å². The molecular formula is C101H164BrNO24. The number of benzene rings is 4. The fourth-order valence-electron chi connectivity index (χ4n) is 14.8. The molecule has 6 atom stereocenters. The highest BCUT2D eigenvalue weighted by atomic mass is 79.9. The van der Waals surface area contributed by atoms with Crippen molar-refractivity contribution in [2.75, 3.05) is 11.9 Å². The Hall–Kier alpha value is -7.75. The van der Waals surface area contributed by atoms with Gasteiger partial charge in [-0.1, -0.05) is 370 Å². The minimum atomic E-state index is -1.62. The van der Waals surface area contributed by atoms with E-state index >= 15 is 0 Å². The van der Waals surface area contributed by atoms with Crippen LogP contribution in [0.5, 0.6) is 17.2 Å². The monoisotopic (exact) mass is 1850 g/mol. The topological polar surface area (TPSA) is 447 Å². The van der Waals surface area contributed by atoms with Crippen molar-refractivity contribution >= 4 is 85.9 Å². The number of carboxylic acids is 7. The molecule has 4 aromatic carbocycles. The van der Waals surface area contributed by atoms with Gasteiger partial charge in [-0.05, 0) is 104 Å². The standard InChI is InChI=1S/C28H56O2.C23H44O3.C16H31BrO2.C13H17NO7.C13H10O4.C8H6O6/c1-2-3-4-5-6-7-8-9-10-11-12-13-14-15-16-17-18-19-20-21-22-23-24-25-26-27-28(29)30;1-2-3-4-5-6-7-8-9-10-11-12-13-14-15-16-19-22(24)20-17-18-21-23(25)26;1-2-3-4-5-6-7-8-9-10-11-12-13-14-15(17)16(18)19;15-5-8-9(16)10(17)11(18)12(21-8)14-7-3-1-6(2-4-7)13(19)20;1-8(14)17-12-5-4-9-6-11(13(15)16)3-2-10(9)7-12;9-3-1-2-4(10)6(8(13)14)5(3)7(11)12/h2-27H2,1H3,(H,29,30);2-21H2,1H3,(H,25,26);15H,2-14H2,1H3,(H,18,19);1-4,8-12,14-18H,5H2,(H,19,20);2-7H,1H3,(H,15,16);1-2,9-10H,(H,11,12)(H,13,14). The van der Waals surface area contributed by atoms with Crippen molar-refractivity contribution in [2.45, 2.75) is 442 Å². The molecule has 4 aromatic rings. The number of esters is 1. The maximum atomic E-state index is 11.7. The van der Waals surface area contributed by atoms with Crippen LogP contribution in [-0.4, -0.2) is 162 Å². The number of alkyl halides is 1. The number of anilines is 1. The van der Waals surface area contributed by atoms with E-state index in [1.807, 2.05) is 0 Å². The van der Waals surface area contributed by atoms with Gasteiger partial charge in [0.05, 0.1) is 17.7 Å². The molecule has 0 spiro atoms. The molecule has 1 aliphatic heterocycles. The van der Waals surface area contributed by atoms with Crippen molar-refractivity contribution in [2.24, 2.45) is 0 Å². The van der Waals surface area contributed by atoms with E-state index in [9.17, 15) is 58.5 Å². The molecule has 0 aromatic heterocycles. The summed E-state index contributed by atoms with van der Waals surface area (Å²) in [6.07, 6.45) is 68.2. The number of hydrogen-bond donors (Lipinski definition) is 14. The van der Waals surface area contributed by atoms with Crippen molar-refractivity contribution in [3.8, 4) is 17.2 Å². The van der Waals surface area contributed by atoms with Gasteiger partial charge in [0.1, 0.15) is 63.4 Å². The van der Waals surface area contributed by atoms with Crippen LogP contribution in [0.15, 0.2) is 72.8 Å². The summed E-state index contributed by atoms with van der Waals surface area (Å²) in [6.45, 7) is 7.64. The van der Waals surface area contributed by atoms with E-state index in [1.54, 1.807) is 30.3 Å². The Kier molecular flexibility index (Phi) is 75.4. The van der Waals surface area contributed by atoms with Crippen LogP contribution < -0.4 is 10.1 Å². The number of aliphatic hydroxyl groups excluding tert-OH is 4. The number of halogens is 1. The molecule has 0 amide bonds. The van der Waals surface area contributed by atoms with E-state index < -0.39 is 102 Å². The quantitative estimate of drug-likeness (QED) is 0.00642. The minimum absolute atomic E-state index is 0.106. The van der Waals surface area contributed by atoms with Crippen LogP contribution in [0.4, 0.5) is 5.69 Å². The van der Waals surface area contributed by atoms with Gasteiger partial charge in [-0.15, -0.1) is 0 Å². The first-order valence-electron chi connectivity index (χ1n) is 48.3. The van der Waals surface area contributed by atoms with Gasteiger partial charge in [0.25, 0.3) is 0 Å². The molecule has 26 heteroatoms. The van der Waals surface area contributed by atoms with Crippen LogP contribution in [0.1, 0.15) is 448 Å². The Morgan fingerprint density at radius 3 is 0.976 bits per heavy atom. The number of fused-ring (bicyclic) bond motifs is 1. The van der Waals surface area contributed by atoms with E-state index in [-0.39, 0.29) is 28.3 Å². The summed E-state index contributed by atoms with van der Waals surface area (Å²) in [6, 6.07) is 17.3. The number of carboxylic acid groups (broad SMARTS) is 7. The third kappa shape index (κ3) is 65.5. The first-order chi connectivity index (χ1) is 61.1. The Bertz CT molecular complexity index is 3480. The summed E-state index contributed by atoms with van der Waals surface area (Å²) in [4.78, 5) is 96.2. The summed E-state index contributed by atoms with van der Waals surface area (Å²) in [5.41, 5.74) is -0.841. The highest BCUT2D eigenvalue weighted by Gasteiger charge is 2.43. The van der Waals surface area contributed by atoms with Gasteiger partial charge in [-0.3, -0.25) is 24.0 Å². The fraction of sp³-hybridized carbons (Fsp3) is 0.693. The SMILES string of the molecule is CC(=O)Oc1ccc2cc(C(=O)O)ccc2c1.CCCCCCCCCCCCCCC(Br)C(=O)O.CCCCCCCCCCCCCCCCCC(=O)CCCCC(=O)O.CCCCCCCCCCCCCCCCCCCCCCCCCCCC(=O)O.O=C(O)c1c(O)ccc(O)c1C(=O)O.O=C(O)c1ccc(NC2OC(CO)C(O)C(O)C2O)cc1. The van der Waals surface area contributed by atoms with Gasteiger partial charge in [0, 0.05) is 38.3 Å². The summed E-state index contributed by atoms with van der Waals surface area (Å²) >= 11 is 3.17. The molecule has 1 heterocycles. The molecule has 14 N–H and O–H groups in total. The number of aliphatic hydroxyl groups is 4. The lowest BCUT2D eigenvalue weighted by molar-refractivity contribution is -0.221. The van der Waals surface area contributed by atoms with Crippen LogP contribution >= 0.6 is 15.9 Å². The number of Topliss-reactive ketones (excluding diaryl/α,β-unsaturated/α-hetero) is 1. The van der Waals surface area contributed by atoms with Crippen LogP contribution in [0.3, 0.4) is 0 Å². The molecule has 1 aliphatic rings. The summed E-state index contributed by atoms with van der Waals surface area (Å²) in [5.74, 6) is -8.42. The van der Waals surface area contributed by atoms with E-state index in [1.165, 1.54) is 345 Å². The number of aromatic hydroxyl groups is 2. The Morgan fingerprint density at radius 1 is 0.362 bits per heavy atom. The number of phenols is 2. The van der Waals surface area contributed by atoms with Gasteiger partial charge in [0.2, 0.25) is 0 Å². The van der Waals surface area contributed by atoms with Crippen LogP contribution in [-0.2, 0) is 28.7 Å². The molecule has 5 rings (SSSR count). The number of ketones is 1. The van der Waals surface area contributed by atoms with E-state index in [4.69, 9.17) is 60.5 Å². The molecule has 1 saturated heterocycles. The number of carbonyl (C=O) groups is 9. The number of aromatic carboxylic acids is 4. The Morgan fingerprint density at radius 2 is 0.661 bits per heavy atom. The number of unbranched alkanes of at least 4 members (excludes halogenated alkanes) is 50. The van der Waals surface area contributed by atoms with Crippen molar-refractivity contribution in [3.05, 3.63) is 95.1 Å². The average Bonchev–Trinajstić information content (AvgIpc) is 0.823. The second-order valence-corrected chi connectivity index (χ2v) is 34.9. The van der Waals surface area contributed by atoms with Gasteiger partial charge >= 0.3 is 47.8 Å². The molecular weight excluding hydrogens is 1690 g/mol. The summed E-state index contributed by atoms with van der Waals surface area (Å²) in [5, 5.41) is 121. The zero-order valence-electron chi connectivity index (χ0n) is 77.5. The Labute approximate surface area is 767 Å². The predicted molar refractivity (Wildman–Crippen MR) is 507 cm³/mol. The number of hydrogen-bond acceptors (Lipinski definition) is 18. The van der Waals surface area contributed by atoms with E-state index in [0.29, 0.717) is 42.9 Å². The van der Waals surface area contributed by atoms with Crippen LogP contribution in [0, 0.1) is 0 Å². The molecule has 6 unspecified atom stereocenters. The molecule has 0 aliphatic carbocycles. The molecule has 0 saturated carbocycles. The van der Waals surface area contributed by atoms with Crippen LogP contribution in [0.25, 0.3) is 10.8 Å². The van der Waals surface area contributed by atoms with Crippen molar-refractivity contribution in [1.29, 1.82) is 0 Å². The lowest BCUT2D eigenvalue weighted by atomic mass is 9.98. The zero-order valence-corrected chi connectivity index (χ0v) is 79.1. The first kappa shape index (κ1) is 119. The second-order valence-electron chi connectivity index (χ2n) is 33.8. The number of carbonyl (C=O) groups excluding carboxylic acids is 2. The third-order valence-electron chi connectivity index (χ3n) is 22.5. The smallest absolute Gasteiger partial charge is 0.340 e. The van der Waals surface area contributed by atoms with Gasteiger partial charge in [0.15, 0.2) is 6.23 Å². The third-order valence-corrected chi connectivity index (χ3v) is 23.3. The van der Waals surface area contributed by atoms with Crippen molar-refractivity contribution in [3.63, 3.8) is 0 Å². The van der Waals surface area contributed by atoms with Gasteiger partial charge < -0.3 is 81.2 Å². The number of nitrogens with one attached hydrogen (secondary N) is 1. The minimum Gasteiger partial charge on any atom is -0.507 e. The zero-order chi connectivity index (χ0) is 94.5. The second kappa shape index (κ2) is 80.3. The van der Waals surface area contributed by atoms with Crippen LogP contribution in [0.2, 0.25) is 0 Å². The van der Waals surface area contributed by atoms with Gasteiger partial charge in [-0.25, -0.2) is 19.2 Å². The van der Waals surface area contributed by atoms with Gasteiger partial charge in [-0.2, -0.15) is 0 Å². The largest absolute Gasteiger partial charge is 0.507 e. The molecule has 127 heavy (non-hydrogen) atoms. The Balaban J connectivity index is 0.00000152. The van der Waals surface area contributed by atoms with Crippen molar-refractivity contribution < 1.29 is 119 Å². The maximum absolute atomic E-state index is 11.7. The molecule has 1 fully saturated rings. The lowest BCUT2D eigenvalue weighted by Crippen LogP contribution is -2.60. The molecule has 25 nitrogen and oxygen atoms in total. The number of ether oxygens (including phenoxy) is 2. The van der Waals surface area contributed by atoms with E-state index in [2.05, 4.69) is 42.0 Å². The average molecular weight is 1860 g/mol. The maximum Gasteiger partial charge on any atom is 0.340 e. The molecule has 0 bridgehead atoms. The fourth-order valence-corrected chi connectivity index (χ4v) is 15.1. The number of aliphatic carboxylic acids is 3. The highest BCUT2D eigenvalue weighted by Crippen LogP contribution is 2.30. The number of rotatable bonds is 69. The predicted octanol–water partition coefficient (Wildman–Crippen LogP) is 25.2. The molecule has 724 valence electrons. The lowest BCUT2D eigenvalue weighted by Gasteiger charge is -2.40.